The molecule has 0 bridgehead atoms. The van der Waals surface area contributed by atoms with Gasteiger partial charge in [0.1, 0.15) is 11.6 Å². The zero-order valence-corrected chi connectivity index (χ0v) is 15.6. The van der Waals surface area contributed by atoms with Gasteiger partial charge in [0.2, 0.25) is 5.91 Å². The monoisotopic (exact) mass is 387 g/mol. The SMILES string of the molecule is CC(NC(=O)N1CCC(C(=O)Nc2ccccc2)CC1)c1ccc(F)cc1F. The summed E-state index contributed by atoms with van der Waals surface area (Å²) in [5, 5.41) is 5.62. The molecular weight excluding hydrogens is 364 g/mol. The Kier molecular flexibility index (Phi) is 6.23. The standard InChI is InChI=1S/C21H23F2N3O2/c1-14(18-8-7-16(22)13-19(18)23)24-21(28)26-11-9-15(10-12-26)20(27)25-17-5-3-2-4-6-17/h2-8,13-15H,9-12H2,1H3,(H,24,28)(H,25,27). The first-order valence-corrected chi connectivity index (χ1v) is 9.30. The number of carbonyl (C=O) groups is 2. The van der Waals surface area contributed by atoms with E-state index >= 15 is 0 Å². The highest BCUT2D eigenvalue weighted by Crippen LogP contribution is 2.21. The third kappa shape index (κ3) is 4.85. The Morgan fingerprint density at radius 2 is 1.75 bits per heavy atom. The highest BCUT2D eigenvalue weighted by atomic mass is 19.1. The average molecular weight is 387 g/mol. The fraction of sp³-hybridized carbons (Fsp3) is 0.333. The molecule has 0 aliphatic carbocycles. The third-order valence-electron chi connectivity index (χ3n) is 4.96. The normalized spacial score (nSPS) is 15.8. The number of amides is 3. The van der Waals surface area contributed by atoms with Crippen molar-refractivity contribution < 1.29 is 18.4 Å². The van der Waals surface area contributed by atoms with Gasteiger partial charge in [-0.3, -0.25) is 4.79 Å². The van der Waals surface area contributed by atoms with E-state index in [0.717, 1.165) is 17.8 Å². The van der Waals surface area contributed by atoms with Gasteiger partial charge in [-0.25, -0.2) is 13.6 Å². The molecular formula is C21H23F2N3O2. The summed E-state index contributed by atoms with van der Waals surface area (Å²) >= 11 is 0. The van der Waals surface area contributed by atoms with Crippen molar-refractivity contribution in [2.75, 3.05) is 18.4 Å². The highest BCUT2D eigenvalue weighted by Gasteiger charge is 2.28. The number of nitrogens with one attached hydrogen (secondary N) is 2. The molecule has 3 amide bonds. The van der Waals surface area contributed by atoms with Gasteiger partial charge in [-0.05, 0) is 38.0 Å². The van der Waals surface area contributed by atoms with Crippen LogP contribution >= 0.6 is 0 Å². The highest BCUT2D eigenvalue weighted by molar-refractivity contribution is 5.92. The van der Waals surface area contributed by atoms with Crippen molar-refractivity contribution >= 4 is 17.6 Å². The van der Waals surface area contributed by atoms with Crippen LogP contribution in [0.25, 0.3) is 0 Å². The van der Waals surface area contributed by atoms with Crippen LogP contribution in [0.1, 0.15) is 31.4 Å². The number of anilines is 1. The average Bonchev–Trinajstić information content (AvgIpc) is 2.68. The molecule has 2 aromatic carbocycles. The van der Waals surface area contributed by atoms with Crippen LogP contribution in [-0.4, -0.2) is 29.9 Å². The summed E-state index contributed by atoms with van der Waals surface area (Å²) in [6.45, 7) is 2.53. The summed E-state index contributed by atoms with van der Waals surface area (Å²) in [4.78, 5) is 26.4. The quantitative estimate of drug-likeness (QED) is 0.830. The third-order valence-corrected chi connectivity index (χ3v) is 4.96. The molecule has 0 aromatic heterocycles. The number of hydrogen-bond donors (Lipinski definition) is 2. The van der Waals surface area contributed by atoms with Gasteiger partial charge in [-0.2, -0.15) is 0 Å². The molecule has 0 spiro atoms. The van der Waals surface area contributed by atoms with Gasteiger partial charge < -0.3 is 15.5 Å². The van der Waals surface area contributed by atoms with E-state index in [1.807, 2.05) is 30.3 Å². The molecule has 148 valence electrons. The topological polar surface area (TPSA) is 61.4 Å². The fourth-order valence-corrected chi connectivity index (χ4v) is 3.32. The van der Waals surface area contributed by atoms with Gasteiger partial charge in [-0.15, -0.1) is 0 Å². The number of para-hydroxylation sites is 1. The second kappa shape index (κ2) is 8.82. The van der Waals surface area contributed by atoms with Crippen LogP contribution in [0.2, 0.25) is 0 Å². The largest absolute Gasteiger partial charge is 0.331 e. The maximum Gasteiger partial charge on any atom is 0.317 e. The molecule has 2 N–H and O–H groups in total. The second-order valence-electron chi connectivity index (χ2n) is 6.95. The summed E-state index contributed by atoms with van der Waals surface area (Å²) < 4.78 is 26.9. The minimum absolute atomic E-state index is 0.0481. The maximum absolute atomic E-state index is 13.9. The molecule has 1 unspecified atom stereocenters. The van der Waals surface area contributed by atoms with E-state index in [0.29, 0.717) is 25.9 Å². The molecule has 1 saturated heterocycles. The summed E-state index contributed by atoms with van der Waals surface area (Å²) in [6, 6.07) is 11.6. The molecule has 0 radical (unpaired) electrons. The number of benzene rings is 2. The van der Waals surface area contributed by atoms with Gasteiger partial charge in [0.05, 0.1) is 6.04 Å². The van der Waals surface area contributed by atoms with Crippen molar-refractivity contribution in [3.63, 3.8) is 0 Å². The van der Waals surface area contributed by atoms with Crippen molar-refractivity contribution in [1.82, 2.24) is 10.2 Å². The van der Waals surface area contributed by atoms with Gasteiger partial charge in [0, 0.05) is 36.3 Å². The number of piperidine rings is 1. The van der Waals surface area contributed by atoms with Crippen molar-refractivity contribution in [2.45, 2.75) is 25.8 Å². The lowest BCUT2D eigenvalue weighted by Gasteiger charge is -2.32. The summed E-state index contributed by atoms with van der Waals surface area (Å²) in [6.07, 6.45) is 1.12. The number of carbonyl (C=O) groups excluding carboxylic acids is 2. The van der Waals surface area contributed by atoms with Crippen LogP contribution in [0.15, 0.2) is 48.5 Å². The van der Waals surface area contributed by atoms with Gasteiger partial charge in [-0.1, -0.05) is 24.3 Å². The van der Waals surface area contributed by atoms with E-state index in [9.17, 15) is 18.4 Å². The van der Waals surface area contributed by atoms with Crippen LogP contribution in [-0.2, 0) is 4.79 Å². The second-order valence-corrected chi connectivity index (χ2v) is 6.95. The lowest BCUT2D eigenvalue weighted by Crippen LogP contribution is -2.46. The van der Waals surface area contributed by atoms with Crippen LogP contribution in [0.5, 0.6) is 0 Å². The molecule has 1 aliphatic rings. The van der Waals surface area contributed by atoms with E-state index in [4.69, 9.17) is 0 Å². The van der Waals surface area contributed by atoms with Crippen LogP contribution < -0.4 is 10.6 Å². The van der Waals surface area contributed by atoms with E-state index < -0.39 is 17.7 Å². The first-order valence-electron chi connectivity index (χ1n) is 9.30. The molecule has 3 rings (SSSR count). The Hall–Kier alpha value is -2.96. The number of rotatable bonds is 4. The summed E-state index contributed by atoms with van der Waals surface area (Å²) in [5.74, 6) is -1.55. The minimum atomic E-state index is -0.691. The van der Waals surface area contributed by atoms with Gasteiger partial charge in [0.25, 0.3) is 0 Å². The first-order chi connectivity index (χ1) is 13.4. The molecule has 7 heteroatoms. The van der Waals surface area contributed by atoms with E-state index in [-0.39, 0.29) is 23.4 Å². The van der Waals surface area contributed by atoms with Crippen LogP contribution in [0, 0.1) is 17.6 Å². The number of hydrogen-bond acceptors (Lipinski definition) is 2. The zero-order valence-electron chi connectivity index (χ0n) is 15.6. The van der Waals surface area contributed by atoms with Gasteiger partial charge in [0.15, 0.2) is 0 Å². The van der Waals surface area contributed by atoms with Crippen LogP contribution in [0.4, 0.5) is 19.3 Å². The molecule has 0 saturated carbocycles. The number of nitrogens with zero attached hydrogens (tertiary/aromatic N) is 1. The number of halogens is 2. The Balaban J connectivity index is 1.50. The van der Waals surface area contributed by atoms with Crippen molar-refractivity contribution in [1.29, 1.82) is 0 Å². The molecule has 1 atom stereocenters. The predicted octanol–water partition coefficient (Wildman–Crippen LogP) is 4.09. The summed E-state index contributed by atoms with van der Waals surface area (Å²) in [7, 11) is 0. The molecule has 5 nitrogen and oxygen atoms in total. The maximum atomic E-state index is 13.9. The predicted molar refractivity (Wildman–Crippen MR) is 103 cm³/mol. The van der Waals surface area contributed by atoms with Crippen molar-refractivity contribution in [2.24, 2.45) is 5.92 Å². The smallest absolute Gasteiger partial charge is 0.317 e. The molecule has 2 aromatic rings. The molecule has 1 fully saturated rings. The van der Waals surface area contributed by atoms with Gasteiger partial charge >= 0.3 is 6.03 Å². The molecule has 1 heterocycles. The number of likely N-dealkylation sites (tertiary alicyclic amines) is 1. The number of urea groups is 1. The fourth-order valence-electron chi connectivity index (χ4n) is 3.32. The van der Waals surface area contributed by atoms with Crippen molar-refractivity contribution in [3.8, 4) is 0 Å². The Morgan fingerprint density at radius 1 is 1.07 bits per heavy atom. The zero-order chi connectivity index (χ0) is 20.1. The Morgan fingerprint density at radius 3 is 2.39 bits per heavy atom. The lowest BCUT2D eigenvalue weighted by atomic mass is 9.96. The van der Waals surface area contributed by atoms with Crippen molar-refractivity contribution in [3.05, 3.63) is 65.7 Å². The summed E-state index contributed by atoms with van der Waals surface area (Å²) in [5.41, 5.74) is 0.981. The lowest BCUT2D eigenvalue weighted by molar-refractivity contribution is -0.121. The Bertz CT molecular complexity index is 837. The molecule has 28 heavy (non-hydrogen) atoms. The first kappa shape index (κ1) is 19.8. The minimum Gasteiger partial charge on any atom is -0.331 e. The van der Waals surface area contributed by atoms with Crippen LogP contribution in [0.3, 0.4) is 0 Å². The molecule has 1 aliphatic heterocycles. The van der Waals surface area contributed by atoms with E-state index in [1.54, 1.807) is 11.8 Å². The van der Waals surface area contributed by atoms with E-state index in [2.05, 4.69) is 10.6 Å². The Labute approximate surface area is 162 Å². The van der Waals surface area contributed by atoms with E-state index in [1.165, 1.54) is 6.07 Å².